The Hall–Kier alpha value is -1.10. The van der Waals surface area contributed by atoms with E-state index in [0.717, 1.165) is 0 Å². The van der Waals surface area contributed by atoms with Crippen molar-refractivity contribution in [1.82, 2.24) is 0 Å². The van der Waals surface area contributed by atoms with Crippen molar-refractivity contribution in [3.8, 4) is 0 Å². The van der Waals surface area contributed by atoms with Gasteiger partial charge in [-0.1, -0.05) is 0 Å². The van der Waals surface area contributed by atoms with Crippen LogP contribution in [0.15, 0.2) is 16.6 Å². The van der Waals surface area contributed by atoms with Crippen LogP contribution in [-0.2, 0) is 16.0 Å². The van der Waals surface area contributed by atoms with Crippen LogP contribution in [0.4, 0.5) is 10.1 Å². The number of hydrogen-bond donors (Lipinski definition) is 1. The Kier molecular flexibility index (Phi) is 3.46. The molecule has 0 radical (unpaired) electrons. The second kappa shape index (κ2) is 4.41. The number of carbonyl (C=O) groups is 1. The molecule has 0 spiro atoms. The molecule has 2 N–H and O–H groups in total. The minimum atomic E-state index is -0.520. The molecule has 0 heterocycles. The number of carbonyl (C=O) groups excluding carboxylic acids is 1. The molecule has 0 atom stereocenters. The van der Waals surface area contributed by atoms with E-state index in [4.69, 9.17) is 5.73 Å². The summed E-state index contributed by atoms with van der Waals surface area (Å²) < 4.78 is 18.2. The highest BCUT2D eigenvalue weighted by Gasteiger charge is 2.13. The van der Waals surface area contributed by atoms with E-state index in [1.165, 1.54) is 19.2 Å². The Morgan fingerprint density at radius 2 is 2.29 bits per heavy atom. The van der Waals surface area contributed by atoms with Gasteiger partial charge in [0.25, 0.3) is 0 Å². The smallest absolute Gasteiger partial charge is 0.310 e. The summed E-state index contributed by atoms with van der Waals surface area (Å²) in [6, 6.07) is 2.74. The first-order valence-electron chi connectivity index (χ1n) is 3.85. The van der Waals surface area contributed by atoms with E-state index < -0.39 is 11.8 Å². The van der Waals surface area contributed by atoms with Crippen LogP contribution < -0.4 is 5.73 Å². The van der Waals surface area contributed by atoms with E-state index in [0.29, 0.717) is 4.47 Å². The molecule has 5 heteroatoms. The van der Waals surface area contributed by atoms with E-state index in [2.05, 4.69) is 20.7 Å². The number of halogens is 2. The maximum absolute atomic E-state index is 13.2. The normalized spacial score (nSPS) is 9.93. The zero-order valence-electron chi connectivity index (χ0n) is 7.51. The molecule has 0 aliphatic carbocycles. The van der Waals surface area contributed by atoms with E-state index in [9.17, 15) is 9.18 Å². The molecule has 0 unspecified atom stereocenters. The molecule has 14 heavy (non-hydrogen) atoms. The summed E-state index contributed by atoms with van der Waals surface area (Å²) in [5.41, 5.74) is 5.98. The standard InChI is InChI=1S/C9H9BrFNO2/c1-14-8(13)4-5-7(11)3-2-6(10)9(5)12/h2-3H,4,12H2,1H3. The van der Waals surface area contributed by atoms with Crippen LogP contribution in [0, 0.1) is 5.82 Å². The molecule has 0 saturated carbocycles. The predicted octanol–water partition coefficient (Wildman–Crippen LogP) is 1.89. The van der Waals surface area contributed by atoms with E-state index >= 15 is 0 Å². The SMILES string of the molecule is COC(=O)Cc1c(F)ccc(Br)c1N. The molecule has 0 bridgehead atoms. The average molecular weight is 262 g/mol. The molecule has 3 nitrogen and oxygen atoms in total. The highest BCUT2D eigenvalue weighted by Crippen LogP contribution is 2.26. The van der Waals surface area contributed by atoms with Crippen LogP contribution >= 0.6 is 15.9 Å². The zero-order valence-corrected chi connectivity index (χ0v) is 9.10. The number of hydrogen-bond acceptors (Lipinski definition) is 3. The van der Waals surface area contributed by atoms with Gasteiger partial charge in [0, 0.05) is 10.0 Å². The van der Waals surface area contributed by atoms with Gasteiger partial charge in [-0.3, -0.25) is 4.79 Å². The maximum atomic E-state index is 13.2. The van der Waals surface area contributed by atoms with Crippen LogP contribution in [0.2, 0.25) is 0 Å². The van der Waals surface area contributed by atoms with Crippen molar-refractivity contribution in [2.45, 2.75) is 6.42 Å². The Morgan fingerprint density at radius 3 is 2.86 bits per heavy atom. The van der Waals surface area contributed by atoms with Gasteiger partial charge in [0.05, 0.1) is 19.2 Å². The molecule has 0 saturated heterocycles. The van der Waals surface area contributed by atoms with Gasteiger partial charge in [-0.05, 0) is 28.1 Å². The number of ether oxygens (including phenoxy) is 1. The summed E-state index contributed by atoms with van der Waals surface area (Å²) in [5, 5.41) is 0. The van der Waals surface area contributed by atoms with E-state index in [-0.39, 0.29) is 17.7 Å². The maximum Gasteiger partial charge on any atom is 0.310 e. The lowest BCUT2D eigenvalue weighted by molar-refractivity contribution is -0.139. The minimum Gasteiger partial charge on any atom is -0.469 e. The van der Waals surface area contributed by atoms with Crippen LogP contribution in [-0.4, -0.2) is 13.1 Å². The van der Waals surface area contributed by atoms with Gasteiger partial charge in [-0.15, -0.1) is 0 Å². The molecule has 1 rings (SSSR count). The average Bonchev–Trinajstić information content (AvgIpc) is 2.18. The lowest BCUT2D eigenvalue weighted by atomic mass is 10.1. The molecular formula is C9H9BrFNO2. The number of rotatable bonds is 2. The van der Waals surface area contributed by atoms with Crippen LogP contribution in [0.25, 0.3) is 0 Å². The molecule has 0 aromatic heterocycles. The number of nitrogens with two attached hydrogens (primary N) is 1. The van der Waals surface area contributed by atoms with Gasteiger partial charge < -0.3 is 10.5 Å². The number of anilines is 1. The summed E-state index contributed by atoms with van der Waals surface area (Å²) in [5.74, 6) is -1.02. The molecule has 1 aromatic rings. The monoisotopic (exact) mass is 261 g/mol. The lowest BCUT2D eigenvalue weighted by Crippen LogP contribution is -2.09. The molecule has 0 amide bonds. The van der Waals surface area contributed by atoms with Crippen molar-refractivity contribution in [2.24, 2.45) is 0 Å². The minimum absolute atomic E-state index is 0.159. The molecule has 0 aliphatic heterocycles. The number of nitrogen functional groups attached to an aromatic ring is 1. The predicted molar refractivity (Wildman–Crippen MR) is 54.2 cm³/mol. The van der Waals surface area contributed by atoms with Crippen molar-refractivity contribution in [3.63, 3.8) is 0 Å². The third-order valence-electron chi connectivity index (χ3n) is 1.80. The highest BCUT2D eigenvalue weighted by atomic mass is 79.9. The van der Waals surface area contributed by atoms with Gasteiger partial charge >= 0.3 is 5.97 Å². The first kappa shape index (κ1) is 11.0. The quantitative estimate of drug-likeness (QED) is 0.654. The second-order valence-electron chi connectivity index (χ2n) is 2.67. The fourth-order valence-electron chi connectivity index (χ4n) is 1.01. The summed E-state index contributed by atoms with van der Waals surface area (Å²) in [6.45, 7) is 0. The number of methoxy groups -OCH3 is 1. The zero-order chi connectivity index (χ0) is 10.7. The second-order valence-corrected chi connectivity index (χ2v) is 3.53. The fourth-order valence-corrected chi connectivity index (χ4v) is 1.38. The van der Waals surface area contributed by atoms with E-state index in [1.54, 1.807) is 0 Å². The van der Waals surface area contributed by atoms with Crippen LogP contribution in [0.3, 0.4) is 0 Å². The van der Waals surface area contributed by atoms with Crippen molar-refractivity contribution in [2.75, 3.05) is 12.8 Å². The van der Waals surface area contributed by atoms with Gasteiger partial charge in [-0.25, -0.2) is 4.39 Å². The first-order valence-corrected chi connectivity index (χ1v) is 4.64. The third-order valence-corrected chi connectivity index (χ3v) is 2.49. The van der Waals surface area contributed by atoms with Crippen molar-refractivity contribution in [1.29, 1.82) is 0 Å². The van der Waals surface area contributed by atoms with E-state index in [1.807, 2.05) is 0 Å². The lowest BCUT2D eigenvalue weighted by Gasteiger charge is -2.07. The molecule has 1 aromatic carbocycles. The molecule has 0 fully saturated rings. The molecular weight excluding hydrogens is 253 g/mol. The number of esters is 1. The van der Waals surface area contributed by atoms with Gasteiger partial charge in [0.1, 0.15) is 5.82 Å². The Labute approximate surface area is 89.2 Å². The number of benzene rings is 1. The van der Waals surface area contributed by atoms with Crippen molar-refractivity contribution in [3.05, 3.63) is 28.0 Å². The topological polar surface area (TPSA) is 52.3 Å². The summed E-state index contributed by atoms with van der Waals surface area (Å²) in [4.78, 5) is 10.9. The summed E-state index contributed by atoms with van der Waals surface area (Å²) >= 11 is 3.15. The Bertz CT molecular complexity index is 368. The first-order chi connectivity index (χ1) is 6.56. The Balaban J connectivity index is 3.06. The third kappa shape index (κ3) is 2.23. The van der Waals surface area contributed by atoms with Crippen molar-refractivity contribution >= 4 is 27.6 Å². The van der Waals surface area contributed by atoms with Gasteiger partial charge in [0.2, 0.25) is 0 Å². The molecule has 76 valence electrons. The van der Waals surface area contributed by atoms with Crippen molar-refractivity contribution < 1.29 is 13.9 Å². The Morgan fingerprint density at radius 1 is 1.64 bits per heavy atom. The van der Waals surface area contributed by atoms with Gasteiger partial charge in [0.15, 0.2) is 0 Å². The molecule has 0 aliphatic rings. The van der Waals surface area contributed by atoms with Crippen LogP contribution in [0.5, 0.6) is 0 Å². The largest absolute Gasteiger partial charge is 0.469 e. The van der Waals surface area contributed by atoms with Gasteiger partial charge in [-0.2, -0.15) is 0 Å². The fraction of sp³-hybridized carbons (Fsp3) is 0.222. The summed E-state index contributed by atoms with van der Waals surface area (Å²) in [7, 11) is 1.24. The summed E-state index contributed by atoms with van der Waals surface area (Å²) in [6.07, 6.45) is -0.159. The van der Waals surface area contributed by atoms with Crippen LogP contribution in [0.1, 0.15) is 5.56 Å². The highest BCUT2D eigenvalue weighted by molar-refractivity contribution is 9.10.